The number of benzene rings is 1. The molecule has 1 aromatic rings. The van der Waals surface area contributed by atoms with Gasteiger partial charge in [0.1, 0.15) is 0 Å². The predicted octanol–water partition coefficient (Wildman–Crippen LogP) is 2.98. The zero-order chi connectivity index (χ0) is 16.4. The van der Waals surface area contributed by atoms with E-state index in [-0.39, 0.29) is 27.8 Å². The first-order chi connectivity index (χ1) is 10.3. The Hall–Kier alpha value is -1.99. The molecular weight excluding hydrogens is 333 g/mol. The van der Waals surface area contributed by atoms with E-state index in [0.717, 1.165) is 4.90 Å². The van der Waals surface area contributed by atoms with Crippen LogP contribution >= 0.6 is 23.2 Å². The van der Waals surface area contributed by atoms with Gasteiger partial charge >= 0.3 is 18.0 Å². The minimum Gasteiger partial charge on any atom is -0.478 e. The fourth-order valence-corrected chi connectivity index (χ4v) is 2.60. The maximum absolute atomic E-state index is 12.2. The molecule has 0 atom stereocenters. The van der Waals surface area contributed by atoms with Crippen LogP contribution in [0.2, 0.25) is 10.0 Å². The Balaban J connectivity index is 2.27. The molecule has 0 aliphatic carbocycles. The summed E-state index contributed by atoms with van der Waals surface area (Å²) in [7, 11) is 1.59. The molecule has 118 valence electrons. The number of urea groups is 2. The summed E-state index contributed by atoms with van der Waals surface area (Å²) < 4.78 is 0. The molecule has 22 heavy (non-hydrogen) atoms. The number of aromatic carboxylic acids is 1. The predicted molar refractivity (Wildman–Crippen MR) is 81.8 cm³/mol. The molecule has 0 saturated carbocycles. The molecule has 0 bridgehead atoms. The first-order valence-electron chi connectivity index (χ1n) is 6.38. The lowest BCUT2D eigenvalue weighted by Gasteiger charge is -2.31. The van der Waals surface area contributed by atoms with Crippen molar-refractivity contribution in [2.75, 3.05) is 25.5 Å². The second kappa shape index (κ2) is 6.41. The third-order valence-corrected chi connectivity index (χ3v) is 3.94. The van der Waals surface area contributed by atoms with Gasteiger partial charge in [0.25, 0.3) is 0 Å². The SMILES string of the molecule is CN1CCCN(C(=O)Nc2c(Cl)ccc(C(=O)O)c2Cl)C1=O. The maximum atomic E-state index is 12.2. The second-order valence-electron chi connectivity index (χ2n) is 4.73. The standard InChI is InChI=1S/C13H13Cl2N3O4/c1-17-5-2-6-18(13(17)22)12(21)16-10-8(14)4-3-7(9(10)15)11(19)20/h3-4H,2,5-6H2,1H3,(H,16,21)(H,19,20). The number of hydrogen-bond acceptors (Lipinski definition) is 3. The molecule has 4 amide bonds. The molecule has 0 unspecified atom stereocenters. The minimum atomic E-state index is -1.24. The van der Waals surface area contributed by atoms with Crippen LogP contribution in [0.4, 0.5) is 15.3 Å². The number of halogens is 2. The van der Waals surface area contributed by atoms with Crippen LogP contribution in [0.15, 0.2) is 12.1 Å². The Morgan fingerprint density at radius 3 is 2.59 bits per heavy atom. The van der Waals surface area contributed by atoms with Crippen LogP contribution in [-0.2, 0) is 0 Å². The Morgan fingerprint density at radius 1 is 1.27 bits per heavy atom. The fourth-order valence-electron chi connectivity index (χ4n) is 2.06. The van der Waals surface area contributed by atoms with Gasteiger partial charge in [-0.3, -0.25) is 0 Å². The first kappa shape index (κ1) is 16.4. The fraction of sp³-hybridized carbons (Fsp3) is 0.308. The summed E-state index contributed by atoms with van der Waals surface area (Å²) >= 11 is 11.9. The van der Waals surface area contributed by atoms with E-state index in [1.807, 2.05) is 0 Å². The highest BCUT2D eigenvalue weighted by atomic mass is 35.5. The van der Waals surface area contributed by atoms with E-state index in [1.54, 1.807) is 7.05 Å². The van der Waals surface area contributed by atoms with Gasteiger partial charge in [0.05, 0.1) is 21.3 Å². The van der Waals surface area contributed by atoms with Crippen LogP contribution in [-0.4, -0.2) is 53.1 Å². The number of carboxylic acid groups (broad SMARTS) is 1. The maximum Gasteiger partial charge on any atom is 0.337 e. The van der Waals surface area contributed by atoms with Crippen molar-refractivity contribution in [2.24, 2.45) is 0 Å². The lowest BCUT2D eigenvalue weighted by molar-refractivity contribution is 0.0697. The number of amides is 4. The van der Waals surface area contributed by atoms with E-state index in [2.05, 4.69) is 5.32 Å². The van der Waals surface area contributed by atoms with E-state index >= 15 is 0 Å². The third-order valence-electron chi connectivity index (χ3n) is 3.23. The van der Waals surface area contributed by atoms with Gasteiger partial charge < -0.3 is 15.3 Å². The molecule has 1 aliphatic rings. The molecule has 1 aromatic carbocycles. The highest BCUT2D eigenvalue weighted by Gasteiger charge is 2.29. The highest BCUT2D eigenvalue weighted by molar-refractivity contribution is 6.41. The van der Waals surface area contributed by atoms with Gasteiger partial charge in [-0.2, -0.15) is 0 Å². The van der Waals surface area contributed by atoms with Crippen LogP contribution in [0.5, 0.6) is 0 Å². The normalized spacial score (nSPS) is 15.0. The van der Waals surface area contributed by atoms with Crippen LogP contribution in [0.3, 0.4) is 0 Å². The molecule has 0 aromatic heterocycles. The molecular formula is C13H13Cl2N3O4. The summed E-state index contributed by atoms with van der Waals surface area (Å²) in [5.41, 5.74) is -0.224. The zero-order valence-corrected chi connectivity index (χ0v) is 13.1. The first-order valence-corrected chi connectivity index (χ1v) is 7.13. The molecule has 0 radical (unpaired) electrons. The molecule has 1 aliphatic heterocycles. The number of imide groups is 1. The van der Waals surface area contributed by atoms with E-state index in [9.17, 15) is 14.4 Å². The van der Waals surface area contributed by atoms with E-state index in [0.29, 0.717) is 13.0 Å². The number of anilines is 1. The van der Waals surface area contributed by atoms with Crippen molar-refractivity contribution in [3.8, 4) is 0 Å². The molecule has 2 N–H and O–H groups in total. The zero-order valence-electron chi connectivity index (χ0n) is 11.6. The van der Waals surface area contributed by atoms with Crippen LogP contribution in [0, 0.1) is 0 Å². The van der Waals surface area contributed by atoms with E-state index < -0.39 is 18.0 Å². The Kier molecular flexibility index (Phi) is 4.77. The monoisotopic (exact) mass is 345 g/mol. The molecule has 2 rings (SSSR count). The average Bonchev–Trinajstić information content (AvgIpc) is 2.45. The number of carbonyl (C=O) groups is 3. The lowest BCUT2D eigenvalue weighted by Crippen LogP contribution is -2.51. The molecule has 1 saturated heterocycles. The number of rotatable bonds is 2. The summed E-state index contributed by atoms with van der Waals surface area (Å²) in [5.74, 6) is -1.24. The lowest BCUT2D eigenvalue weighted by atomic mass is 10.2. The van der Waals surface area contributed by atoms with Crippen molar-refractivity contribution in [2.45, 2.75) is 6.42 Å². The van der Waals surface area contributed by atoms with Crippen molar-refractivity contribution < 1.29 is 19.5 Å². The molecule has 7 nitrogen and oxygen atoms in total. The second-order valence-corrected chi connectivity index (χ2v) is 5.51. The topological polar surface area (TPSA) is 89.9 Å². The Labute approximate surface area is 136 Å². The molecule has 1 heterocycles. The highest BCUT2D eigenvalue weighted by Crippen LogP contribution is 2.33. The number of hydrogen-bond donors (Lipinski definition) is 2. The number of carbonyl (C=O) groups excluding carboxylic acids is 2. The van der Waals surface area contributed by atoms with Crippen molar-refractivity contribution in [3.63, 3.8) is 0 Å². The van der Waals surface area contributed by atoms with Crippen LogP contribution in [0.1, 0.15) is 16.8 Å². The largest absolute Gasteiger partial charge is 0.478 e. The summed E-state index contributed by atoms with van der Waals surface area (Å²) in [6, 6.07) is 1.41. The van der Waals surface area contributed by atoms with Gasteiger partial charge in [0, 0.05) is 20.1 Å². The van der Waals surface area contributed by atoms with Gasteiger partial charge in [0.15, 0.2) is 0 Å². The van der Waals surface area contributed by atoms with E-state index in [1.165, 1.54) is 17.0 Å². The molecule has 1 fully saturated rings. The minimum absolute atomic E-state index is 0.0331. The Morgan fingerprint density at radius 2 is 1.95 bits per heavy atom. The van der Waals surface area contributed by atoms with Gasteiger partial charge in [-0.05, 0) is 18.6 Å². The molecule has 0 spiro atoms. The number of nitrogens with zero attached hydrogens (tertiary/aromatic N) is 2. The number of carboxylic acids is 1. The van der Waals surface area contributed by atoms with Gasteiger partial charge in [0.2, 0.25) is 0 Å². The smallest absolute Gasteiger partial charge is 0.337 e. The van der Waals surface area contributed by atoms with Gasteiger partial charge in [-0.25, -0.2) is 19.3 Å². The van der Waals surface area contributed by atoms with Crippen molar-refractivity contribution in [1.82, 2.24) is 9.80 Å². The quantitative estimate of drug-likeness (QED) is 0.861. The third kappa shape index (κ3) is 3.10. The van der Waals surface area contributed by atoms with Crippen molar-refractivity contribution in [1.29, 1.82) is 0 Å². The van der Waals surface area contributed by atoms with Gasteiger partial charge in [-0.1, -0.05) is 23.2 Å². The Bertz CT molecular complexity index is 650. The molecule has 9 heteroatoms. The van der Waals surface area contributed by atoms with Crippen molar-refractivity contribution >= 4 is 46.9 Å². The average molecular weight is 346 g/mol. The summed E-state index contributed by atoms with van der Waals surface area (Å²) in [6.45, 7) is 0.835. The van der Waals surface area contributed by atoms with Gasteiger partial charge in [-0.15, -0.1) is 0 Å². The summed E-state index contributed by atoms with van der Waals surface area (Å²) in [6.07, 6.45) is 0.645. The van der Waals surface area contributed by atoms with Crippen LogP contribution in [0.25, 0.3) is 0 Å². The van der Waals surface area contributed by atoms with Crippen molar-refractivity contribution in [3.05, 3.63) is 27.7 Å². The van der Waals surface area contributed by atoms with Crippen LogP contribution < -0.4 is 5.32 Å². The number of nitrogens with one attached hydrogen (secondary N) is 1. The van der Waals surface area contributed by atoms with E-state index in [4.69, 9.17) is 28.3 Å². The summed E-state index contributed by atoms with van der Waals surface area (Å²) in [4.78, 5) is 37.6. The summed E-state index contributed by atoms with van der Waals surface area (Å²) in [5, 5.41) is 11.3.